The molecular weight excluding hydrogens is 516 g/mol. The second-order valence-corrected chi connectivity index (χ2v) is 10.8. The van der Waals surface area contributed by atoms with Gasteiger partial charge in [0.15, 0.2) is 0 Å². The van der Waals surface area contributed by atoms with E-state index in [0.29, 0.717) is 12.0 Å². The van der Waals surface area contributed by atoms with Crippen molar-refractivity contribution < 1.29 is 8.83 Å². The number of nitriles is 1. The Morgan fingerprint density at radius 3 is 1.69 bits per heavy atom. The Morgan fingerprint density at radius 1 is 0.524 bits per heavy atom. The van der Waals surface area contributed by atoms with Gasteiger partial charge < -0.3 is 13.4 Å². The third-order valence-corrected chi connectivity index (χ3v) is 8.49. The quantitative estimate of drug-likeness (QED) is 0.225. The van der Waals surface area contributed by atoms with Gasteiger partial charge in [-0.1, -0.05) is 72.8 Å². The molecular formula is C38H22N2O2. The summed E-state index contributed by atoms with van der Waals surface area (Å²) < 4.78 is 15.2. The van der Waals surface area contributed by atoms with Crippen molar-refractivity contribution in [1.82, 2.24) is 4.57 Å². The number of furan rings is 2. The normalized spacial score (nSPS) is 11.9. The molecule has 0 N–H and O–H groups in total. The maximum absolute atomic E-state index is 9.39. The van der Waals surface area contributed by atoms with Crippen molar-refractivity contribution in [1.29, 1.82) is 5.26 Å². The lowest BCUT2D eigenvalue weighted by molar-refractivity contribution is 0.659. The summed E-state index contributed by atoms with van der Waals surface area (Å²) in [6.45, 7) is 0. The number of fused-ring (bicyclic) bond motifs is 9. The van der Waals surface area contributed by atoms with Crippen LogP contribution in [0.4, 0.5) is 0 Å². The molecule has 196 valence electrons. The van der Waals surface area contributed by atoms with Crippen molar-refractivity contribution in [2.45, 2.75) is 6.42 Å². The molecule has 9 rings (SSSR count). The second-order valence-electron chi connectivity index (χ2n) is 10.8. The van der Waals surface area contributed by atoms with Crippen molar-refractivity contribution in [3.05, 3.63) is 138 Å². The van der Waals surface area contributed by atoms with Crippen LogP contribution >= 0.6 is 0 Å². The van der Waals surface area contributed by atoms with Crippen LogP contribution in [0.15, 0.2) is 130 Å². The predicted octanol–water partition coefficient (Wildman–Crippen LogP) is 10.0. The van der Waals surface area contributed by atoms with E-state index in [1.165, 1.54) is 21.8 Å². The van der Waals surface area contributed by atoms with Crippen LogP contribution < -0.4 is 0 Å². The van der Waals surface area contributed by atoms with E-state index in [1.54, 1.807) is 6.07 Å². The molecule has 0 saturated carbocycles. The fourth-order valence-corrected chi connectivity index (χ4v) is 6.59. The topological polar surface area (TPSA) is 55.0 Å². The van der Waals surface area contributed by atoms with Crippen LogP contribution in [0.1, 0.15) is 16.7 Å². The highest BCUT2D eigenvalue weighted by Gasteiger charge is 2.17. The van der Waals surface area contributed by atoms with E-state index in [4.69, 9.17) is 8.83 Å². The van der Waals surface area contributed by atoms with Crippen LogP contribution in [0.2, 0.25) is 0 Å². The number of para-hydroxylation sites is 4. The van der Waals surface area contributed by atoms with E-state index in [9.17, 15) is 5.26 Å². The van der Waals surface area contributed by atoms with Crippen LogP contribution in [0, 0.1) is 11.3 Å². The van der Waals surface area contributed by atoms with Crippen molar-refractivity contribution >= 4 is 65.7 Å². The number of nitrogens with zero attached hydrogens (tertiary/aromatic N) is 2. The fraction of sp³-hybridized carbons (Fsp3) is 0.0263. The lowest BCUT2D eigenvalue weighted by Crippen LogP contribution is -1.93. The molecule has 0 radical (unpaired) electrons. The zero-order chi connectivity index (χ0) is 27.8. The van der Waals surface area contributed by atoms with E-state index in [0.717, 1.165) is 60.7 Å². The Bertz CT molecular complexity index is 2520. The van der Waals surface area contributed by atoms with Crippen LogP contribution in [-0.2, 0) is 6.42 Å². The number of benzene rings is 6. The van der Waals surface area contributed by atoms with Crippen molar-refractivity contribution in [3.8, 4) is 11.8 Å². The minimum atomic E-state index is 0.628. The lowest BCUT2D eigenvalue weighted by Gasteiger charge is -2.08. The zero-order valence-electron chi connectivity index (χ0n) is 22.5. The van der Waals surface area contributed by atoms with Gasteiger partial charge in [-0.25, -0.2) is 0 Å². The van der Waals surface area contributed by atoms with Gasteiger partial charge in [-0.3, -0.25) is 0 Å². The van der Waals surface area contributed by atoms with Gasteiger partial charge in [-0.2, -0.15) is 5.26 Å². The SMILES string of the molecule is N#Cc1ccc2oc3c(Cc4cccc5c4oc4ccc(-n6c7ccccc7c7ccccc76)cc45)cccc3c2c1. The third-order valence-electron chi connectivity index (χ3n) is 8.49. The Balaban J connectivity index is 1.21. The lowest BCUT2D eigenvalue weighted by atomic mass is 10.00. The van der Waals surface area contributed by atoms with Gasteiger partial charge in [-0.05, 0) is 59.7 Å². The van der Waals surface area contributed by atoms with Crippen LogP contribution in [0.25, 0.3) is 71.4 Å². The molecule has 4 nitrogen and oxygen atoms in total. The van der Waals surface area contributed by atoms with Crippen LogP contribution in [-0.4, -0.2) is 4.57 Å². The highest BCUT2D eigenvalue weighted by molar-refractivity contribution is 6.11. The highest BCUT2D eigenvalue weighted by atomic mass is 16.3. The number of rotatable bonds is 3. The summed E-state index contributed by atoms with van der Waals surface area (Å²) >= 11 is 0. The molecule has 0 bridgehead atoms. The fourth-order valence-electron chi connectivity index (χ4n) is 6.59. The first-order chi connectivity index (χ1) is 20.8. The summed E-state index contributed by atoms with van der Waals surface area (Å²) in [5.41, 5.74) is 9.70. The molecule has 0 aliphatic carbocycles. The van der Waals surface area contributed by atoms with E-state index in [2.05, 4.69) is 114 Å². The first-order valence-corrected chi connectivity index (χ1v) is 14.0. The third kappa shape index (κ3) is 3.22. The van der Waals surface area contributed by atoms with Gasteiger partial charge in [0.05, 0.1) is 22.7 Å². The minimum Gasteiger partial charge on any atom is -0.456 e. The van der Waals surface area contributed by atoms with E-state index in [-0.39, 0.29) is 0 Å². The van der Waals surface area contributed by atoms with E-state index >= 15 is 0 Å². The molecule has 9 aromatic rings. The van der Waals surface area contributed by atoms with Crippen molar-refractivity contribution in [2.24, 2.45) is 0 Å². The molecule has 0 spiro atoms. The van der Waals surface area contributed by atoms with Crippen molar-refractivity contribution in [2.75, 3.05) is 0 Å². The summed E-state index contributed by atoms with van der Waals surface area (Å²) in [5.74, 6) is 0. The Kier molecular flexibility index (Phi) is 4.70. The van der Waals surface area contributed by atoms with Gasteiger partial charge in [0.25, 0.3) is 0 Å². The average molecular weight is 539 g/mol. The largest absolute Gasteiger partial charge is 0.456 e. The molecule has 42 heavy (non-hydrogen) atoms. The summed E-state index contributed by atoms with van der Waals surface area (Å²) in [4.78, 5) is 0. The van der Waals surface area contributed by atoms with E-state index in [1.807, 2.05) is 12.1 Å². The van der Waals surface area contributed by atoms with Gasteiger partial charge in [0.1, 0.15) is 22.3 Å². The zero-order valence-corrected chi connectivity index (χ0v) is 22.5. The average Bonchev–Trinajstić information content (AvgIpc) is 3.71. The molecule has 0 aliphatic rings. The molecule has 0 unspecified atom stereocenters. The Labute approximate surface area is 240 Å². The highest BCUT2D eigenvalue weighted by Crippen LogP contribution is 2.38. The van der Waals surface area contributed by atoms with Gasteiger partial charge in [0.2, 0.25) is 0 Å². The van der Waals surface area contributed by atoms with Crippen LogP contribution in [0.5, 0.6) is 0 Å². The smallest absolute Gasteiger partial charge is 0.138 e. The molecule has 0 atom stereocenters. The van der Waals surface area contributed by atoms with Gasteiger partial charge in [0, 0.05) is 44.4 Å². The molecule has 3 aromatic heterocycles. The molecule has 0 amide bonds. The summed E-state index contributed by atoms with van der Waals surface area (Å²) in [6.07, 6.45) is 0.666. The summed E-state index contributed by atoms with van der Waals surface area (Å²) in [6, 6.07) is 44.1. The molecule has 3 heterocycles. The molecule has 0 aliphatic heterocycles. The van der Waals surface area contributed by atoms with Crippen LogP contribution in [0.3, 0.4) is 0 Å². The monoisotopic (exact) mass is 538 g/mol. The Morgan fingerprint density at radius 2 is 1.07 bits per heavy atom. The minimum absolute atomic E-state index is 0.628. The number of aromatic nitrogens is 1. The first kappa shape index (κ1) is 23.0. The molecule has 0 fully saturated rings. The maximum atomic E-state index is 9.39. The number of hydrogen-bond donors (Lipinski definition) is 0. The van der Waals surface area contributed by atoms with Gasteiger partial charge in [-0.15, -0.1) is 0 Å². The Hall–Kier alpha value is -5.79. The van der Waals surface area contributed by atoms with E-state index < -0.39 is 0 Å². The second kappa shape index (κ2) is 8.60. The predicted molar refractivity (Wildman–Crippen MR) is 169 cm³/mol. The molecule has 6 aromatic carbocycles. The van der Waals surface area contributed by atoms with Gasteiger partial charge >= 0.3 is 0 Å². The summed E-state index contributed by atoms with van der Waals surface area (Å²) in [5, 5.41) is 16.1. The maximum Gasteiger partial charge on any atom is 0.138 e. The van der Waals surface area contributed by atoms with Crippen molar-refractivity contribution in [3.63, 3.8) is 0 Å². The molecule has 4 heteroatoms. The molecule has 0 saturated heterocycles. The standard InChI is InChI=1S/C38H22N2O2/c39-22-23-15-17-35-31(19-23)29-11-5-7-24(37(29)41-35)20-25-8-6-12-30-32-21-26(16-18-36(32)42-38(25)30)40-33-13-3-1-9-27(33)28-10-2-4-14-34(28)40/h1-19,21H,20H2. The number of hydrogen-bond acceptors (Lipinski definition) is 3. The summed E-state index contributed by atoms with van der Waals surface area (Å²) in [7, 11) is 0. The first-order valence-electron chi connectivity index (χ1n) is 14.0.